The van der Waals surface area contributed by atoms with Gasteiger partial charge in [0.05, 0.1) is 16.0 Å². The number of aryl methyl sites for hydroxylation is 2. The van der Waals surface area contributed by atoms with E-state index in [-0.39, 0.29) is 40.6 Å². The number of phenols is 1. The van der Waals surface area contributed by atoms with E-state index in [0.717, 1.165) is 24.0 Å². The second kappa shape index (κ2) is 20.0. The second-order valence-electron chi connectivity index (χ2n) is 13.6. The lowest BCUT2D eigenvalue weighted by molar-refractivity contribution is 0.103. The number of fused-ring (bicyclic) bond motifs is 1. The first-order valence-corrected chi connectivity index (χ1v) is 20.8. The molecule has 6 nitrogen and oxygen atoms in total. The molecule has 4 rings (SSSR count). The quantitative estimate of drug-likeness (QED) is 0.0642. The molecule has 0 bridgehead atoms. The van der Waals surface area contributed by atoms with Crippen LogP contribution in [0.1, 0.15) is 131 Å². The molecular weight excluding hydrogens is 678 g/mol. The molecule has 0 aromatic heterocycles. The van der Waals surface area contributed by atoms with Crippen molar-refractivity contribution in [3.63, 3.8) is 0 Å². The van der Waals surface area contributed by atoms with E-state index in [1.165, 1.54) is 106 Å². The van der Waals surface area contributed by atoms with Gasteiger partial charge in [0.15, 0.2) is 0 Å². The predicted octanol–water partition coefficient (Wildman–Crippen LogP) is 12.2. The molecule has 0 radical (unpaired) electrons. The Hall–Kier alpha value is -3.39. The number of halogens is 1. The number of nitrogens with zero attached hydrogens (tertiary/aromatic N) is 1. The lowest BCUT2D eigenvalue weighted by Gasteiger charge is -2.20. The molecule has 276 valence electrons. The number of hydrogen-bond acceptors (Lipinski definition) is 5. The number of aromatic hydroxyl groups is 1. The summed E-state index contributed by atoms with van der Waals surface area (Å²) in [5, 5.41) is 12.7. The molecular formula is C43H56ClNO5S. The molecule has 1 N–H and O–H groups in total. The predicted molar refractivity (Wildman–Crippen MR) is 211 cm³/mol. The molecule has 0 atom stereocenters. The summed E-state index contributed by atoms with van der Waals surface area (Å²) in [4.78, 5) is 14.2. The molecule has 0 spiro atoms. The van der Waals surface area contributed by atoms with Gasteiger partial charge in [0.25, 0.3) is 0 Å². The number of ether oxygens (including phenoxy) is 1. The van der Waals surface area contributed by atoms with E-state index < -0.39 is 15.8 Å². The Morgan fingerprint density at radius 3 is 1.98 bits per heavy atom. The maximum atomic E-state index is 14.2. The Labute approximate surface area is 311 Å². The largest absolute Gasteiger partial charge is 0.507 e. The van der Waals surface area contributed by atoms with Gasteiger partial charge < -0.3 is 9.84 Å². The van der Waals surface area contributed by atoms with Gasteiger partial charge >= 0.3 is 0 Å². The molecule has 0 aliphatic carbocycles. The van der Waals surface area contributed by atoms with Crippen molar-refractivity contribution in [1.29, 1.82) is 0 Å². The van der Waals surface area contributed by atoms with Crippen molar-refractivity contribution >= 4 is 38.2 Å². The molecule has 0 heterocycles. The van der Waals surface area contributed by atoms with Crippen molar-refractivity contribution in [3.8, 4) is 17.2 Å². The van der Waals surface area contributed by atoms with Crippen LogP contribution in [0, 0.1) is 6.92 Å². The van der Waals surface area contributed by atoms with E-state index in [9.17, 15) is 18.3 Å². The lowest BCUT2D eigenvalue weighted by Crippen LogP contribution is -2.30. The second-order valence-corrected chi connectivity index (χ2v) is 16.0. The average Bonchev–Trinajstić information content (AvgIpc) is 3.12. The Morgan fingerprint density at radius 1 is 0.725 bits per heavy atom. The fraction of sp³-hybridized carbons (Fsp3) is 0.465. The first-order valence-electron chi connectivity index (χ1n) is 19.0. The zero-order valence-corrected chi connectivity index (χ0v) is 32.6. The van der Waals surface area contributed by atoms with Crippen LogP contribution in [0.3, 0.4) is 0 Å². The SMILES string of the molecule is CCCCCCCCCCCCCCCc1cccc(Oc2ccc(S(=O)(=O)N(CC)CC)cc2C(=O)c2cc(Cl)c3cc(C)ccc3c2O)c1. The number of hydrogen-bond donors (Lipinski definition) is 1. The highest BCUT2D eigenvalue weighted by atomic mass is 35.5. The molecule has 0 saturated carbocycles. The monoisotopic (exact) mass is 733 g/mol. The summed E-state index contributed by atoms with van der Waals surface area (Å²) in [6.45, 7) is 8.29. The van der Waals surface area contributed by atoms with Crippen molar-refractivity contribution < 1.29 is 23.1 Å². The molecule has 4 aromatic rings. The number of carbonyl (C=O) groups excluding carboxylic acids is 1. The van der Waals surface area contributed by atoms with Crippen LogP contribution in [0.25, 0.3) is 10.8 Å². The zero-order valence-electron chi connectivity index (χ0n) is 31.0. The van der Waals surface area contributed by atoms with Gasteiger partial charge in [0.1, 0.15) is 17.2 Å². The van der Waals surface area contributed by atoms with E-state index in [4.69, 9.17) is 16.3 Å². The smallest absolute Gasteiger partial charge is 0.243 e. The number of sulfonamides is 1. The molecule has 0 aliphatic rings. The van der Waals surface area contributed by atoms with Crippen LogP contribution < -0.4 is 4.74 Å². The molecule has 0 aliphatic heterocycles. The number of carbonyl (C=O) groups is 1. The summed E-state index contributed by atoms with van der Waals surface area (Å²) < 4.78 is 34.7. The highest BCUT2D eigenvalue weighted by Gasteiger charge is 2.27. The highest BCUT2D eigenvalue weighted by molar-refractivity contribution is 7.89. The van der Waals surface area contributed by atoms with Crippen molar-refractivity contribution in [2.75, 3.05) is 13.1 Å². The lowest BCUT2D eigenvalue weighted by atomic mass is 9.97. The van der Waals surface area contributed by atoms with E-state index in [2.05, 4.69) is 13.0 Å². The maximum Gasteiger partial charge on any atom is 0.243 e. The number of unbranched alkanes of at least 4 members (excludes halogenated alkanes) is 12. The van der Waals surface area contributed by atoms with Crippen LogP contribution in [0.4, 0.5) is 0 Å². The van der Waals surface area contributed by atoms with Crippen LogP contribution in [-0.4, -0.2) is 36.7 Å². The fourth-order valence-corrected chi connectivity index (χ4v) is 8.44. The summed E-state index contributed by atoms with van der Waals surface area (Å²) in [5.74, 6) is -0.0725. The van der Waals surface area contributed by atoms with Gasteiger partial charge in [-0.2, -0.15) is 4.31 Å². The van der Waals surface area contributed by atoms with Gasteiger partial charge in [0.2, 0.25) is 15.8 Å². The first kappa shape index (κ1) is 40.4. The summed E-state index contributed by atoms with van der Waals surface area (Å²) in [6, 6.07) is 19.0. The third-order valence-electron chi connectivity index (χ3n) is 9.69. The molecule has 0 fully saturated rings. The van der Waals surface area contributed by atoms with E-state index in [1.807, 2.05) is 37.3 Å². The van der Waals surface area contributed by atoms with Crippen molar-refractivity contribution in [2.24, 2.45) is 0 Å². The van der Waals surface area contributed by atoms with Gasteiger partial charge in [-0.3, -0.25) is 4.79 Å². The molecule has 4 aromatic carbocycles. The Morgan fingerprint density at radius 2 is 1.35 bits per heavy atom. The maximum absolute atomic E-state index is 14.2. The Kier molecular flexibility index (Phi) is 15.8. The summed E-state index contributed by atoms with van der Waals surface area (Å²) in [7, 11) is -3.88. The van der Waals surface area contributed by atoms with E-state index >= 15 is 0 Å². The molecule has 0 saturated heterocycles. The molecule has 0 amide bonds. The number of phenolic OH excluding ortho intramolecular Hbond substituents is 1. The van der Waals surface area contributed by atoms with Crippen LogP contribution in [0.15, 0.2) is 71.6 Å². The third kappa shape index (κ3) is 11.1. The normalized spacial score (nSPS) is 11.8. The first-order chi connectivity index (χ1) is 24.6. The fourth-order valence-electron chi connectivity index (χ4n) is 6.69. The van der Waals surface area contributed by atoms with Crippen molar-refractivity contribution in [2.45, 2.75) is 122 Å². The third-order valence-corrected chi connectivity index (χ3v) is 12.1. The van der Waals surface area contributed by atoms with Crippen molar-refractivity contribution in [3.05, 3.63) is 94.0 Å². The highest BCUT2D eigenvalue weighted by Crippen LogP contribution is 2.38. The summed E-state index contributed by atoms with van der Waals surface area (Å²) >= 11 is 6.62. The van der Waals surface area contributed by atoms with E-state index in [0.29, 0.717) is 21.5 Å². The van der Waals surface area contributed by atoms with Gasteiger partial charge in [0, 0.05) is 28.9 Å². The minimum Gasteiger partial charge on any atom is -0.507 e. The standard InChI is InChI=1S/C43H56ClNO5S/c1-5-8-9-10-11-12-13-14-15-16-17-18-19-21-33-22-20-23-34(29-33)50-41-27-25-35(51(48,49)45(6-2)7-3)30-38(41)43(47)39-31-40(44)37-28-32(4)24-26-36(37)42(39)46/h20,22-31,46H,5-19,21H2,1-4H3. The number of rotatable bonds is 22. The minimum absolute atomic E-state index is 0.0166. The Bertz CT molecular complexity index is 1850. The van der Waals surface area contributed by atoms with Crippen LogP contribution in [0.2, 0.25) is 5.02 Å². The van der Waals surface area contributed by atoms with Gasteiger partial charge in [-0.1, -0.05) is 139 Å². The number of benzene rings is 4. The van der Waals surface area contributed by atoms with Crippen LogP contribution >= 0.6 is 11.6 Å². The molecule has 8 heteroatoms. The number of ketones is 1. The summed E-state index contributed by atoms with van der Waals surface area (Å²) in [6.07, 6.45) is 17.9. The van der Waals surface area contributed by atoms with Gasteiger partial charge in [-0.05, 0) is 67.8 Å². The van der Waals surface area contributed by atoms with Gasteiger partial charge in [-0.15, -0.1) is 0 Å². The minimum atomic E-state index is -3.88. The average molecular weight is 734 g/mol. The van der Waals surface area contributed by atoms with Crippen molar-refractivity contribution in [1.82, 2.24) is 4.31 Å². The summed E-state index contributed by atoms with van der Waals surface area (Å²) in [5.41, 5.74) is 2.08. The van der Waals surface area contributed by atoms with Crippen LogP contribution in [-0.2, 0) is 16.4 Å². The Balaban J connectivity index is 1.48. The molecule has 0 unspecified atom stereocenters. The molecule has 51 heavy (non-hydrogen) atoms. The zero-order chi connectivity index (χ0) is 36.8. The topological polar surface area (TPSA) is 83.9 Å². The van der Waals surface area contributed by atoms with Gasteiger partial charge in [-0.25, -0.2) is 8.42 Å². The van der Waals surface area contributed by atoms with E-state index in [1.54, 1.807) is 19.9 Å². The van der Waals surface area contributed by atoms with Crippen LogP contribution in [0.5, 0.6) is 17.2 Å².